The van der Waals surface area contributed by atoms with Crippen LogP contribution in [0.4, 0.5) is 5.82 Å². The predicted molar refractivity (Wildman–Crippen MR) is 64.5 cm³/mol. The maximum Gasteiger partial charge on any atom is 0.171 e. The molecule has 1 heterocycles. The first kappa shape index (κ1) is 13.2. The number of sulfone groups is 1. The lowest BCUT2D eigenvalue weighted by atomic mass is 10.2. The maximum absolute atomic E-state index is 11.5. The summed E-state index contributed by atoms with van der Waals surface area (Å²) in [6.45, 7) is 3.50. The summed E-state index contributed by atoms with van der Waals surface area (Å²) in [5.74, 6) is 0.390. The number of aromatic nitrogens is 2. The van der Waals surface area contributed by atoms with Crippen molar-refractivity contribution in [2.24, 2.45) is 0 Å². The third kappa shape index (κ3) is 3.05. The van der Waals surface area contributed by atoms with Gasteiger partial charge in [-0.3, -0.25) is 0 Å². The maximum atomic E-state index is 11.5. The zero-order chi connectivity index (χ0) is 12.4. The number of halogens is 1. The van der Waals surface area contributed by atoms with Gasteiger partial charge in [0.25, 0.3) is 0 Å². The van der Waals surface area contributed by atoms with Gasteiger partial charge in [-0.1, -0.05) is 11.6 Å². The van der Waals surface area contributed by atoms with Crippen molar-refractivity contribution >= 4 is 27.3 Å². The Morgan fingerprint density at radius 1 is 1.38 bits per heavy atom. The van der Waals surface area contributed by atoms with E-state index in [2.05, 4.69) is 15.3 Å². The van der Waals surface area contributed by atoms with Gasteiger partial charge in [0, 0.05) is 25.2 Å². The van der Waals surface area contributed by atoms with Crippen molar-refractivity contribution in [3.63, 3.8) is 0 Å². The molecular weight excluding hydrogens is 250 g/mol. The van der Waals surface area contributed by atoms with Crippen LogP contribution in [0.5, 0.6) is 0 Å². The van der Waals surface area contributed by atoms with Crippen molar-refractivity contribution in [3.05, 3.63) is 17.5 Å². The standard InChI is InChI=1S/C9H14ClN3O2S/c1-9(2,16(3,14)15)6-13-8-7(10)11-4-5-12-8/h4-5H,6H2,1-3H3,(H,12,13). The fraction of sp³-hybridized carbons (Fsp3) is 0.556. The number of hydrogen-bond acceptors (Lipinski definition) is 5. The van der Waals surface area contributed by atoms with Crippen LogP contribution in [-0.4, -0.2) is 35.9 Å². The Balaban J connectivity index is 2.77. The Morgan fingerprint density at radius 3 is 2.44 bits per heavy atom. The van der Waals surface area contributed by atoms with E-state index in [9.17, 15) is 8.42 Å². The lowest BCUT2D eigenvalue weighted by molar-refractivity contribution is 0.559. The van der Waals surface area contributed by atoms with Crippen LogP contribution in [0.2, 0.25) is 5.15 Å². The van der Waals surface area contributed by atoms with E-state index in [4.69, 9.17) is 11.6 Å². The lowest BCUT2D eigenvalue weighted by Gasteiger charge is -2.23. The Morgan fingerprint density at radius 2 is 1.94 bits per heavy atom. The summed E-state index contributed by atoms with van der Waals surface area (Å²) >= 11 is 5.78. The third-order valence-electron chi connectivity index (χ3n) is 2.34. The first-order chi connectivity index (χ1) is 7.24. The number of rotatable bonds is 4. The Labute approximate surface area is 100 Å². The molecule has 0 aliphatic carbocycles. The van der Waals surface area contributed by atoms with Crippen LogP contribution in [0, 0.1) is 0 Å². The molecule has 5 nitrogen and oxygen atoms in total. The molecule has 0 radical (unpaired) electrons. The summed E-state index contributed by atoms with van der Waals surface area (Å²) < 4.78 is 22.0. The molecule has 16 heavy (non-hydrogen) atoms. The highest BCUT2D eigenvalue weighted by Crippen LogP contribution is 2.19. The van der Waals surface area contributed by atoms with E-state index in [1.807, 2.05) is 0 Å². The minimum absolute atomic E-state index is 0.226. The molecule has 7 heteroatoms. The van der Waals surface area contributed by atoms with Crippen LogP contribution in [-0.2, 0) is 9.84 Å². The van der Waals surface area contributed by atoms with Gasteiger partial charge in [-0.2, -0.15) is 0 Å². The molecule has 1 aromatic heterocycles. The fourth-order valence-electron chi connectivity index (χ4n) is 0.867. The molecule has 1 aromatic rings. The van der Waals surface area contributed by atoms with Crippen LogP contribution in [0.25, 0.3) is 0 Å². The van der Waals surface area contributed by atoms with E-state index in [0.29, 0.717) is 5.82 Å². The van der Waals surface area contributed by atoms with Gasteiger partial charge in [0.2, 0.25) is 0 Å². The second-order valence-electron chi connectivity index (χ2n) is 4.08. The van der Waals surface area contributed by atoms with Gasteiger partial charge in [0.1, 0.15) is 0 Å². The summed E-state index contributed by atoms with van der Waals surface area (Å²) in [7, 11) is -3.14. The van der Waals surface area contributed by atoms with Crippen molar-refractivity contribution in [3.8, 4) is 0 Å². The van der Waals surface area contributed by atoms with Crippen molar-refractivity contribution in [1.82, 2.24) is 9.97 Å². The van der Waals surface area contributed by atoms with Crippen LogP contribution in [0.3, 0.4) is 0 Å². The molecule has 0 aliphatic rings. The van der Waals surface area contributed by atoms with E-state index < -0.39 is 14.6 Å². The zero-order valence-electron chi connectivity index (χ0n) is 9.36. The van der Waals surface area contributed by atoms with Crippen LogP contribution >= 0.6 is 11.6 Å². The van der Waals surface area contributed by atoms with Crippen molar-refractivity contribution < 1.29 is 8.42 Å². The quantitative estimate of drug-likeness (QED) is 0.888. The summed E-state index contributed by atoms with van der Waals surface area (Å²) in [6.07, 6.45) is 4.16. The summed E-state index contributed by atoms with van der Waals surface area (Å²) in [6, 6.07) is 0. The molecule has 0 bridgehead atoms. The molecule has 0 unspecified atom stereocenters. The van der Waals surface area contributed by atoms with Gasteiger partial charge in [-0.05, 0) is 13.8 Å². The molecule has 0 aliphatic heterocycles. The fourth-order valence-corrected chi connectivity index (χ4v) is 1.37. The molecule has 0 spiro atoms. The molecule has 0 saturated heterocycles. The van der Waals surface area contributed by atoms with Crippen LogP contribution in [0.15, 0.2) is 12.4 Å². The molecule has 0 amide bonds. The second-order valence-corrected chi connectivity index (χ2v) is 7.09. The average Bonchev–Trinajstić information content (AvgIpc) is 2.15. The van der Waals surface area contributed by atoms with Gasteiger partial charge in [-0.15, -0.1) is 0 Å². The van der Waals surface area contributed by atoms with Gasteiger partial charge in [-0.25, -0.2) is 18.4 Å². The highest BCUT2D eigenvalue weighted by Gasteiger charge is 2.30. The number of nitrogens with zero attached hydrogens (tertiary/aromatic N) is 2. The van der Waals surface area contributed by atoms with E-state index in [1.54, 1.807) is 13.8 Å². The average molecular weight is 264 g/mol. The van der Waals surface area contributed by atoms with Crippen molar-refractivity contribution in [2.45, 2.75) is 18.6 Å². The summed E-state index contributed by atoms with van der Waals surface area (Å²) in [5.41, 5.74) is 0. The normalized spacial score (nSPS) is 12.5. The molecule has 0 aromatic carbocycles. The Bertz CT molecular complexity index is 473. The highest BCUT2D eigenvalue weighted by molar-refractivity contribution is 7.92. The van der Waals surface area contributed by atoms with Crippen LogP contribution < -0.4 is 5.32 Å². The zero-order valence-corrected chi connectivity index (χ0v) is 10.9. The molecule has 0 atom stereocenters. The summed E-state index contributed by atoms with van der Waals surface area (Å²) in [5, 5.41) is 3.10. The van der Waals surface area contributed by atoms with E-state index >= 15 is 0 Å². The third-order valence-corrected chi connectivity index (χ3v) is 4.77. The predicted octanol–water partition coefficient (Wildman–Crippen LogP) is 1.37. The molecule has 0 fully saturated rings. The van der Waals surface area contributed by atoms with E-state index in [0.717, 1.165) is 0 Å². The number of hydrogen-bond donors (Lipinski definition) is 1. The van der Waals surface area contributed by atoms with Gasteiger partial charge < -0.3 is 5.32 Å². The van der Waals surface area contributed by atoms with Crippen molar-refractivity contribution in [2.75, 3.05) is 18.1 Å². The smallest absolute Gasteiger partial charge is 0.171 e. The molecular formula is C9H14ClN3O2S. The lowest BCUT2D eigenvalue weighted by Crippen LogP contribution is -2.38. The monoisotopic (exact) mass is 263 g/mol. The first-order valence-electron chi connectivity index (χ1n) is 4.64. The van der Waals surface area contributed by atoms with Gasteiger partial charge in [0.05, 0.1) is 4.75 Å². The largest absolute Gasteiger partial charge is 0.366 e. The molecule has 1 rings (SSSR count). The topological polar surface area (TPSA) is 72.0 Å². The molecule has 0 saturated carbocycles. The van der Waals surface area contributed by atoms with E-state index in [-0.39, 0.29) is 11.7 Å². The summed E-state index contributed by atoms with van der Waals surface area (Å²) in [4.78, 5) is 7.80. The molecule has 1 N–H and O–H groups in total. The van der Waals surface area contributed by atoms with Gasteiger partial charge in [0.15, 0.2) is 20.8 Å². The highest BCUT2D eigenvalue weighted by atomic mass is 35.5. The minimum Gasteiger partial charge on any atom is -0.366 e. The number of nitrogens with one attached hydrogen (secondary N) is 1. The SMILES string of the molecule is CC(C)(CNc1nccnc1Cl)S(C)(=O)=O. The second kappa shape index (κ2) is 4.55. The van der Waals surface area contributed by atoms with Gasteiger partial charge >= 0.3 is 0 Å². The van der Waals surface area contributed by atoms with E-state index in [1.165, 1.54) is 18.6 Å². The van der Waals surface area contributed by atoms with Crippen molar-refractivity contribution in [1.29, 1.82) is 0 Å². The van der Waals surface area contributed by atoms with Crippen LogP contribution in [0.1, 0.15) is 13.8 Å². The molecule has 90 valence electrons. The first-order valence-corrected chi connectivity index (χ1v) is 6.91. The minimum atomic E-state index is -3.14. The Kier molecular flexibility index (Phi) is 3.75. The Hall–Kier alpha value is -0.880. The number of anilines is 1.